The SMILES string of the molecule is Cc1[nH]ncc1C(=O)N1CCN(C)[C@H](C(=O)N(C)CCCOc2ccc(Cl)cc2)C1. The van der Waals surface area contributed by atoms with Gasteiger partial charge in [0.25, 0.3) is 5.91 Å². The second-order valence-corrected chi connectivity index (χ2v) is 8.01. The maximum atomic E-state index is 13.0. The zero-order valence-corrected chi connectivity index (χ0v) is 18.4. The first-order valence-electron chi connectivity index (χ1n) is 9.99. The van der Waals surface area contributed by atoms with E-state index in [2.05, 4.69) is 10.2 Å². The van der Waals surface area contributed by atoms with Crippen molar-refractivity contribution in [2.24, 2.45) is 0 Å². The fourth-order valence-electron chi connectivity index (χ4n) is 3.45. The number of rotatable bonds is 7. The molecule has 3 rings (SSSR count). The highest BCUT2D eigenvalue weighted by Crippen LogP contribution is 2.17. The number of hydrogen-bond acceptors (Lipinski definition) is 5. The Morgan fingerprint density at radius 1 is 1.30 bits per heavy atom. The van der Waals surface area contributed by atoms with Crippen molar-refractivity contribution in [3.05, 3.63) is 46.7 Å². The summed E-state index contributed by atoms with van der Waals surface area (Å²) in [7, 11) is 3.71. The number of aryl methyl sites for hydroxylation is 1. The van der Waals surface area contributed by atoms with Crippen LogP contribution in [0.1, 0.15) is 22.5 Å². The molecule has 0 unspecified atom stereocenters. The average molecular weight is 434 g/mol. The highest BCUT2D eigenvalue weighted by Gasteiger charge is 2.34. The third-order valence-electron chi connectivity index (χ3n) is 5.38. The molecule has 1 N–H and O–H groups in total. The first-order valence-corrected chi connectivity index (χ1v) is 10.4. The fourth-order valence-corrected chi connectivity index (χ4v) is 3.57. The minimum Gasteiger partial charge on any atom is -0.494 e. The van der Waals surface area contributed by atoms with Crippen LogP contribution in [0.3, 0.4) is 0 Å². The number of ether oxygens (including phenoxy) is 1. The van der Waals surface area contributed by atoms with Crippen LogP contribution in [-0.4, -0.2) is 89.6 Å². The molecule has 0 saturated carbocycles. The number of aromatic amines is 1. The highest BCUT2D eigenvalue weighted by atomic mass is 35.5. The number of amides is 2. The van der Waals surface area contributed by atoms with Gasteiger partial charge in [-0.25, -0.2) is 0 Å². The van der Waals surface area contributed by atoms with Gasteiger partial charge in [0.1, 0.15) is 11.8 Å². The van der Waals surface area contributed by atoms with Crippen molar-refractivity contribution in [2.75, 3.05) is 46.9 Å². The molecular formula is C21H28ClN5O3. The molecule has 1 aliphatic heterocycles. The average Bonchev–Trinajstić information content (AvgIpc) is 3.17. The molecule has 1 atom stereocenters. The lowest BCUT2D eigenvalue weighted by molar-refractivity contribution is -0.137. The van der Waals surface area contributed by atoms with Crippen molar-refractivity contribution in [1.82, 2.24) is 24.9 Å². The van der Waals surface area contributed by atoms with E-state index in [0.29, 0.717) is 49.8 Å². The lowest BCUT2D eigenvalue weighted by Gasteiger charge is -2.40. The lowest BCUT2D eigenvalue weighted by atomic mass is 10.1. The minimum absolute atomic E-state index is 0.00501. The summed E-state index contributed by atoms with van der Waals surface area (Å²) in [6.45, 7) is 4.49. The molecule has 1 fully saturated rings. The molecule has 2 heterocycles. The predicted molar refractivity (Wildman–Crippen MR) is 115 cm³/mol. The second-order valence-electron chi connectivity index (χ2n) is 7.57. The molecule has 162 valence electrons. The molecule has 0 bridgehead atoms. The Balaban J connectivity index is 1.50. The molecule has 1 saturated heterocycles. The van der Waals surface area contributed by atoms with Crippen molar-refractivity contribution in [2.45, 2.75) is 19.4 Å². The van der Waals surface area contributed by atoms with E-state index in [9.17, 15) is 9.59 Å². The van der Waals surface area contributed by atoms with Crippen LogP contribution in [0.2, 0.25) is 5.02 Å². The summed E-state index contributed by atoms with van der Waals surface area (Å²) in [5, 5.41) is 7.38. The molecule has 9 heteroatoms. The molecule has 1 aromatic carbocycles. The van der Waals surface area contributed by atoms with E-state index in [4.69, 9.17) is 16.3 Å². The van der Waals surface area contributed by atoms with Gasteiger partial charge >= 0.3 is 0 Å². The zero-order chi connectivity index (χ0) is 21.7. The third-order valence-corrected chi connectivity index (χ3v) is 5.63. The largest absolute Gasteiger partial charge is 0.494 e. The summed E-state index contributed by atoms with van der Waals surface area (Å²) in [5.41, 5.74) is 1.29. The Labute approximate surface area is 181 Å². The van der Waals surface area contributed by atoms with Gasteiger partial charge in [0.05, 0.1) is 18.4 Å². The normalized spacial score (nSPS) is 17.1. The molecular weight excluding hydrogens is 406 g/mol. The van der Waals surface area contributed by atoms with E-state index in [1.807, 2.05) is 31.0 Å². The Hall–Kier alpha value is -2.58. The molecule has 0 spiro atoms. The molecule has 8 nitrogen and oxygen atoms in total. The van der Waals surface area contributed by atoms with E-state index in [1.54, 1.807) is 35.2 Å². The first kappa shape index (κ1) is 22.1. The second kappa shape index (κ2) is 9.95. The van der Waals surface area contributed by atoms with Crippen molar-refractivity contribution in [1.29, 1.82) is 0 Å². The first-order chi connectivity index (χ1) is 14.4. The van der Waals surface area contributed by atoms with Gasteiger partial charge in [-0.05, 0) is 44.7 Å². The Morgan fingerprint density at radius 3 is 2.70 bits per heavy atom. The quantitative estimate of drug-likeness (QED) is 0.676. The molecule has 30 heavy (non-hydrogen) atoms. The van der Waals surface area contributed by atoms with Gasteiger partial charge in [0.2, 0.25) is 5.91 Å². The molecule has 2 amide bonds. The van der Waals surface area contributed by atoms with E-state index in [1.165, 1.54) is 0 Å². The summed E-state index contributed by atoms with van der Waals surface area (Å²) in [4.78, 5) is 31.2. The standard InChI is InChI=1S/C21H28ClN5O3/c1-15-18(13-23-24-15)20(28)27-11-10-25(2)19(14-27)21(29)26(3)9-4-12-30-17-7-5-16(22)6-8-17/h5-8,13,19H,4,9-12,14H2,1-3H3,(H,23,24)/t19-/m0/s1. The summed E-state index contributed by atoms with van der Waals surface area (Å²) in [5.74, 6) is 0.667. The summed E-state index contributed by atoms with van der Waals surface area (Å²) in [6.07, 6.45) is 2.25. The van der Waals surface area contributed by atoms with Gasteiger partial charge in [-0.3, -0.25) is 19.6 Å². The van der Waals surface area contributed by atoms with Crippen molar-refractivity contribution < 1.29 is 14.3 Å². The van der Waals surface area contributed by atoms with Gasteiger partial charge in [-0.15, -0.1) is 0 Å². The van der Waals surface area contributed by atoms with Crippen LogP contribution in [0.15, 0.2) is 30.5 Å². The van der Waals surface area contributed by atoms with Gasteiger partial charge < -0.3 is 14.5 Å². The number of piperazine rings is 1. The number of carbonyl (C=O) groups is 2. The smallest absolute Gasteiger partial charge is 0.257 e. The number of aromatic nitrogens is 2. The number of benzene rings is 1. The molecule has 1 aliphatic rings. The Kier molecular flexibility index (Phi) is 7.33. The minimum atomic E-state index is -0.364. The topological polar surface area (TPSA) is 81.8 Å². The maximum Gasteiger partial charge on any atom is 0.257 e. The van der Waals surface area contributed by atoms with E-state index < -0.39 is 0 Å². The number of hydrogen-bond donors (Lipinski definition) is 1. The number of halogens is 1. The van der Waals surface area contributed by atoms with E-state index in [-0.39, 0.29) is 17.9 Å². The van der Waals surface area contributed by atoms with E-state index in [0.717, 1.165) is 11.4 Å². The summed E-state index contributed by atoms with van der Waals surface area (Å²) in [6, 6.07) is 6.84. The summed E-state index contributed by atoms with van der Waals surface area (Å²) >= 11 is 5.87. The number of nitrogens with one attached hydrogen (secondary N) is 1. The molecule has 1 aromatic heterocycles. The van der Waals surface area contributed by atoms with Gasteiger partial charge in [-0.1, -0.05) is 11.6 Å². The molecule has 0 radical (unpaired) electrons. The van der Waals surface area contributed by atoms with Crippen LogP contribution < -0.4 is 4.74 Å². The van der Waals surface area contributed by atoms with Crippen LogP contribution >= 0.6 is 11.6 Å². The molecule has 0 aliphatic carbocycles. The summed E-state index contributed by atoms with van der Waals surface area (Å²) < 4.78 is 5.69. The van der Waals surface area contributed by atoms with Crippen LogP contribution in [0.4, 0.5) is 0 Å². The van der Waals surface area contributed by atoms with Gasteiger partial charge in [0.15, 0.2) is 0 Å². The number of carbonyl (C=O) groups excluding carboxylic acids is 2. The Bertz CT molecular complexity index is 870. The van der Waals surface area contributed by atoms with Crippen LogP contribution in [-0.2, 0) is 4.79 Å². The van der Waals surface area contributed by atoms with Crippen LogP contribution in [0, 0.1) is 6.92 Å². The molecule has 2 aromatic rings. The maximum absolute atomic E-state index is 13.0. The van der Waals surface area contributed by atoms with Gasteiger partial charge in [-0.2, -0.15) is 5.10 Å². The lowest BCUT2D eigenvalue weighted by Crippen LogP contribution is -2.59. The van der Waals surface area contributed by atoms with Crippen LogP contribution in [0.25, 0.3) is 0 Å². The van der Waals surface area contributed by atoms with Crippen LogP contribution in [0.5, 0.6) is 5.75 Å². The fraction of sp³-hybridized carbons (Fsp3) is 0.476. The van der Waals surface area contributed by atoms with E-state index >= 15 is 0 Å². The Morgan fingerprint density at radius 2 is 2.03 bits per heavy atom. The number of nitrogens with zero attached hydrogens (tertiary/aromatic N) is 4. The van der Waals surface area contributed by atoms with Crippen molar-refractivity contribution in [3.8, 4) is 5.75 Å². The van der Waals surface area contributed by atoms with Crippen molar-refractivity contribution in [3.63, 3.8) is 0 Å². The van der Waals surface area contributed by atoms with Crippen molar-refractivity contribution >= 4 is 23.4 Å². The number of likely N-dealkylation sites (N-methyl/N-ethyl adjacent to an activating group) is 2. The highest BCUT2D eigenvalue weighted by molar-refractivity contribution is 6.30. The van der Waals surface area contributed by atoms with Gasteiger partial charge in [0, 0.05) is 43.9 Å². The zero-order valence-electron chi connectivity index (χ0n) is 17.6. The predicted octanol–water partition coefficient (Wildman–Crippen LogP) is 2.06. The number of H-pyrrole nitrogens is 1. The third kappa shape index (κ3) is 5.31. The monoisotopic (exact) mass is 433 g/mol.